The molecule has 5 heterocycles. The molecule has 0 spiro atoms. The average Bonchev–Trinajstić information content (AvgIpc) is 3.62. The van der Waals surface area contributed by atoms with Crippen LogP contribution in [-0.4, -0.2) is 66.3 Å². The smallest absolute Gasteiger partial charge is 0.416 e. The fourth-order valence-corrected chi connectivity index (χ4v) is 5.58. The molecule has 2 atom stereocenters. The van der Waals surface area contributed by atoms with E-state index in [-0.39, 0.29) is 28.9 Å². The van der Waals surface area contributed by atoms with E-state index in [0.29, 0.717) is 41.5 Å². The molecule has 9 nitrogen and oxygen atoms in total. The Morgan fingerprint density at radius 2 is 1.88 bits per heavy atom. The summed E-state index contributed by atoms with van der Waals surface area (Å²) >= 11 is 6.20. The number of carbonyl (C=O) groups is 1. The first-order chi connectivity index (χ1) is 18.9. The second kappa shape index (κ2) is 9.33. The molecular weight excluding hydrogens is 547 g/mol. The van der Waals surface area contributed by atoms with E-state index in [4.69, 9.17) is 21.3 Å². The summed E-state index contributed by atoms with van der Waals surface area (Å²) in [5.74, 6) is 0.523. The van der Waals surface area contributed by atoms with Gasteiger partial charge in [0.1, 0.15) is 17.1 Å². The van der Waals surface area contributed by atoms with E-state index in [2.05, 4.69) is 20.1 Å². The quantitative estimate of drug-likeness (QED) is 0.290. The molecule has 1 unspecified atom stereocenters. The number of benzene rings is 1. The van der Waals surface area contributed by atoms with Gasteiger partial charge >= 0.3 is 12.3 Å². The molecule has 4 aromatic rings. The van der Waals surface area contributed by atoms with Crippen LogP contribution in [0.15, 0.2) is 48.9 Å². The maximum atomic E-state index is 13.6. The number of piperazine rings is 1. The zero-order valence-corrected chi connectivity index (χ0v) is 22.6. The van der Waals surface area contributed by atoms with Crippen molar-refractivity contribution in [1.82, 2.24) is 29.5 Å². The van der Waals surface area contributed by atoms with Gasteiger partial charge in [0.2, 0.25) is 5.95 Å². The normalized spacial score (nSPS) is 19.1. The van der Waals surface area contributed by atoms with Crippen molar-refractivity contribution in [2.45, 2.75) is 51.1 Å². The van der Waals surface area contributed by atoms with Crippen LogP contribution >= 0.6 is 11.6 Å². The van der Waals surface area contributed by atoms with E-state index in [1.54, 1.807) is 27.5 Å². The number of amides is 1. The van der Waals surface area contributed by atoms with Crippen molar-refractivity contribution in [3.8, 4) is 22.4 Å². The molecule has 2 fully saturated rings. The van der Waals surface area contributed by atoms with Crippen molar-refractivity contribution in [3.63, 3.8) is 0 Å². The molecule has 2 bridgehead atoms. The Morgan fingerprint density at radius 3 is 2.55 bits per heavy atom. The van der Waals surface area contributed by atoms with Crippen LogP contribution in [0, 0.1) is 0 Å². The molecule has 0 saturated carbocycles. The van der Waals surface area contributed by atoms with Crippen LogP contribution in [0.3, 0.4) is 0 Å². The van der Waals surface area contributed by atoms with Gasteiger partial charge in [-0.05, 0) is 57.0 Å². The molecule has 1 aromatic carbocycles. The first-order valence-electron chi connectivity index (χ1n) is 12.7. The van der Waals surface area contributed by atoms with Crippen LogP contribution in [0.4, 0.5) is 23.9 Å². The van der Waals surface area contributed by atoms with Gasteiger partial charge in [0.25, 0.3) is 0 Å². The Hall–Kier alpha value is -3.93. The Morgan fingerprint density at radius 1 is 1.07 bits per heavy atom. The summed E-state index contributed by atoms with van der Waals surface area (Å²) in [5, 5.41) is 8.61. The summed E-state index contributed by atoms with van der Waals surface area (Å²) in [6.45, 7) is 6.45. The first-order valence-corrected chi connectivity index (χ1v) is 13.1. The molecule has 208 valence electrons. The number of hydrogen-bond acceptors (Lipinski definition) is 7. The minimum absolute atomic E-state index is 0.0381. The van der Waals surface area contributed by atoms with Gasteiger partial charge in [0, 0.05) is 24.8 Å². The average molecular weight is 572 g/mol. The van der Waals surface area contributed by atoms with Gasteiger partial charge in [-0.3, -0.25) is 4.40 Å². The number of likely N-dealkylation sites (tertiary alicyclic amines) is 1. The minimum atomic E-state index is -4.53. The molecular formula is C27H25ClF3N7O2. The number of aromatic nitrogens is 5. The molecule has 0 N–H and O–H groups in total. The number of hydrogen-bond donors (Lipinski definition) is 0. The molecule has 2 saturated heterocycles. The Bertz CT molecular complexity index is 1620. The van der Waals surface area contributed by atoms with E-state index < -0.39 is 17.3 Å². The largest absolute Gasteiger partial charge is 0.444 e. The van der Waals surface area contributed by atoms with Crippen LogP contribution in [0.1, 0.15) is 32.8 Å². The highest BCUT2D eigenvalue weighted by Gasteiger charge is 2.48. The number of nitrogens with zero attached hydrogens (tertiary/aromatic N) is 7. The van der Waals surface area contributed by atoms with Crippen molar-refractivity contribution in [2.24, 2.45) is 0 Å². The molecule has 0 aliphatic carbocycles. The molecule has 1 amide bonds. The highest BCUT2D eigenvalue weighted by atomic mass is 35.5. The van der Waals surface area contributed by atoms with Crippen molar-refractivity contribution in [1.29, 1.82) is 0 Å². The highest BCUT2D eigenvalue weighted by molar-refractivity contribution is 6.29. The number of pyridine rings is 1. The van der Waals surface area contributed by atoms with Crippen LogP contribution < -0.4 is 4.90 Å². The van der Waals surface area contributed by atoms with Crippen molar-refractivity contribution >= 4 is 29.3 Å². The second-order valence-electron chi connectivity index (χ2n) is 10.9. The Balaban J connectivity index is 1.46. The van der Waals surface area contributed by atoms with Gasteiger partial charge in [0.15, 0.2) is 5.65 Å². The van der Waals surface area contributed by atoms with E-state index in [1.165, 1.54) is 18.6 Å². The first kappa shape index (κ1) is 26.3. The van der Waals surface area contributed by atoms with Crippen LogP contribution in [-0.2, 0) is 10.9 Å². The topological polar surface area (TPSA) is 88.8 Å². The lowest BCUT2D eigenvalue weighted by Gasteiger charge is -2.36. The van der Waals surface area contributed by atoms with E-state index in [1.807, 2.05) is 20.8 Å². The van der Waals surface area contributed by atoms with Crippen molar-refractivity contribution in [2.75, 3.05) is 18.0 Å². The molecule has 3 aromatic heterocycles. The van der Waals surface area contributed by atoms with Crippen LogP contribution in [0.25, 0.3) is 28.0 Å². The van der Waals surface area contributed by atoms with E-state index >= 15 is 0 Å². The monoisotopic (exact) mass is 571 g/mol. The van der Waals surface area contributed by atoms with Gasteiger partial charge < -0.3 is 14.5 Å². The lowest BCUT2D eigenvalue weighted by Crippen LogP contribution is -2.50. The van der Waals surface area contributed by atoms with Gasteiger partial charge in [-0.15, -0.1) is 10.2 Å². The van der Waals surface area contributed by atoms with E-state index in [0.717, 1.165) is 18.6 Å². The number of halogens is 4. The maximum absolute atomic E-state index is 13.6. The fraction of sp³-hybridized carbons (Fsp3) is 0.370. The van der Waals surface area contributed by atoms with Crippen LogP contribution in [0.2, 0.25) is 5.15 Å². The third kappa shape index (κ3) is 4.70. The van der Waals surface area contributed by atoms with Gasteiger partial charge in [0.05, 0.1) is 28.9 Å². The highest BCUT2D eigenvalue weighted by Crippen LogP contribution is 2.41. The zero-order chi connectivity index (χ0) is 28.4. The van der Waals surface area contributed by atoms with Crippen LogP contribution in [0.5, 0.6) is 0 Å². The van der Waals surface area contributed by atoms with E-state index in [9.17, 15) is 18.0 Å². The predicted molar refractivity (Wildman–Crippen MR) is 142 cm³/mol. The molecule has 6 rings (SSSR count). The number of rotatable bonds is 3. The summed E-state index contributed by atoms with van der Waals surface area (Å²) in [4.78, 5) is 25.6. The third-order valence-corrected chi connectivity index (χ3v) is 7.25. The van der Waals surface area contributed by atoms with Gasteiger partial charge in [-0.2, -0.15) is 13.2 Å². The SMILES string of the molecule is CC(C)(C)OC(=O)N1CC2C[C@H]1CN2c1nc(-c2ccnc(Cl)c2)c(-c2cccc(C(F)(F)F)c2)c2nncn12. The summed E-state index contributed by atoms with van der Waals surface area (Å²) < 4.78 is 48.2. The van der Waals surface area contributed by atoms with Crippen molar-refractivity contribution in [3.05, 3.63) is 59.6 Å². The number of ether oxygens (including phenoxy) is 1. The molecule has 2 aliphatic rings. The lowest BCUT2D eigenvalue weighted by atomic mass is 9.98. The zero-order valence-electron chi connectivity index (χ0n) is 21.9. The fourth-order valence-electron chi connectivity index (χ4n) is 5.40. The Labute approximate surface area is 232 Å². The van der Waals surface area contributed by atoms with Crippen molar-refractivity contribution < 1.29 is 22.7 Å². The lowest BCUT2D eigenvalue weighted by molar-refractivity contribution is -0.137. The molecule has 0 radical (unpaired) electrons. The maximum Gasteiger partial charge on any atom is 0.416 e. The molecule has 2 aliphatic heterocycles. The number of anilines is 1. The second-order valence-corrected chi connectivity index (χ2v) is 11.3. The minimum Gasteiger partial charge on any atom is -0.444 e. The summed E-state index contributed by atoms with van der Waals surface area (Å²) in [6.07, 6.45) is -1.14. The Kier molecular flexibility index (Phi) is 6.13. The van der Waals surface area contributed by atoms with Gasteiger partial charge in [-0.1, -0.05) is 23.7 Å². The number of carbonyl (C=O) groups excluding carboxylic acids is 1. The van der Waals surface area contributed by atoms with Gasteiger partial charge in [-0.25, -0.2) is 14.8 Å². The third-order valence-electron chi connectivity index (χ3n) is 7.04. The summed E-state index contributed by atoms with van der Waals surface area (Å²) in [7, 11) is 0. The standard InChI is InChI=1S/C27H25ClF3N7O2/c1-26(2,3)40-25(39)37-13-18-11-19(37)12-36(18)24-34-22(16-7-8-32-20(28)10-16)21(23-35-33-14-38(23)24)15-5-4-6-17(9-15)27(29,30)31/h4-10,14,18-19H,11-13H2,1-3H3/t18?,19-/m0/s1. The number of fused-ring (bicyclic) bond motifs is 3. The predicted octanol–water partition coefficient (Wildman–Crippen LogP) is 5.72. The molecule has 13 heteroatoms. The molecule has 40 heavy (non-hydrogen) atoms. The summed E-state index contributed by atoms with van der Waals surface area (Å²) in [6, 6.07) is 8.23. The number of alkyl halides is 3. The summed E-state index contributed by atoms with van der Waals surface area (Å²) in [5.41, 5.74) is 0.589.